The SMILES string of the molecule is COc1cc(C#N)ccc1NC(C)c1ccccc1O. The molecule has 0 radical (unpaired) electrons. The molecule has 0 fully saturated rings. The number of benzene rings is 2. The molecular formula is C16H16N2O2. The van der Waals surface area contributed by atoms with Crippen molar-refractivity contribution in [3.8, 4) is 17.6 Å². The average molecular weight is 268 g/mol. The van der Waals surface area contributed by atoms with Gasteiger partial charge in [0.05, 0.1) is 30.5 Å². The molecule has 1 unspecified atom stereocenters. The van der Waals surface area contributed by atoms with Crippen LogP contribution in [-0.4, -0.2) is 12.2 Å². The van der Waals surface area contributed by atoms with Crippen LogP contribution in [0.5, 0.6) is 11.5 Å². The van der Waals surface area contributed by atoms with Crippen LogP contribution in [-0.2, 0) is 0 Å². The summed E-state index contributed by atoms with van der Waals surface area (Å²) < 4.78 is 5.28. The number of para-hydroxylation sites is 1. The Kier molecular flexibility index (Phi) is 4.11. The fourth-order valence-electron chi connectivity index (χ4n) is 2.04. The van der Waals surface area contributed by atoms with Gasteiger partial charge in [0.1, 0.15) is 11.5 Å². The smallest absolute Gasteiger partial charge is 0.143 e. The second-order valence-corrected chi connectivity index (χ2v) is 4.45. The van der Waals surface area contributed by atoms with E-state index < -0.39 is 0 Å². The third kappa shape index (κ3) is 2.83. The normalized spacial score (nSPS) is 11.4. The summed E-state index contributed by atoms with van der Waals surface area (Å²) in [6, 6.07) is 14.4. The van der Waals surface area contributed by atoms with Crippen LogP contribution in [0.25, 0.3) is 0 Å². The van der Waals surface area contributed by atoms with E-state index in [9.17, 15) is 5.11 Å². The first-order chi connectivity index (χ1) is 9.65. The molecule has 0 saturated carbocycles. The summed E-state index contributed by atoms with van der Waals surface area (Å²) in [6.45, 7) is 1.95. The minimum Gasteiger partial charge on any atom is -0.508 e. The van der Waals surface area contributed by atoms with Crippen LogP contribution in [0.1, 0.15) is 24.1 Å². The summed E-state index contributed by atoms with van der Waals surface area (Å²) in [5.74, 6) is 0.853. The monoisotopic (exact) mass is 268 g/mol. The van der Waals surface area contributed by atoms with Crippen LogP contribution in [0, 0.1) is 11.3 Å². The molecule has 0 bridgehead atoms. The van der Waals surface area contributed by atoms with Crippen molar-refractivity contribution in [3.63, 3.8) is 0 Å². The van der Waals surface area contributed by atoms with Crippen LogP contribution >= 0.6 is 0 Å². The first kappa shape index (κ1) is 13.8. The lowest BCUT2D eigenvalue weighted by Gasteiger charge is -2.18. The van der Waals surface area contributed by atoms with Gasteiger partial charge in [0.2, 0.25) is 0 Å². The maximum absolute atomic E-state index is 9.85. The Hall–Kier alpha value is -2.67. The Morgan fingerprint density at radius 3 is 2.65 bits per heavy atom. The molecule has 0 aliphatic carbocycles. The number of ether oxygens (including phenoxy) is 1. The average Bonchev–Trinajstić information content (AvgIpc) is 2.48. The summed E-state index contributed by atoms with van der Waals surface area (Å²) in [5.41, 5.74) is 2.13. The largest absolute Gasteiger partial charge is 0.508 e. The van der Waals surface area contributed by atoms with Crippen LogP contribution in [0.3, 0.4) is 0 Å². The minimum atomic E-state index is -0.0852. The highest BCUT2D eigenvalue weighted by Gasteiger charge is 2.12. The summed E-state index contributed by atoms with van der Waals surface area (Å²) in [6.07, 6.45) is 0. The number of methoxy groups -OCH3 is 1. The van der Waals surface area contributed by atoms with E-state index in [1.165, 1.54) is 0 Å². The topological polar surface area (TPSA) is 65.3 Å². The maximum Gasteiger partial charge on any atom is 0.143 e. The van der Waals surface area contributed by atoms with Crippen LogP contribution in [0.15, 0.2) is 42.5 Å². The van der Waals surface area contributed by atoms with E-state index in [0.29, 0.717) is 11.3 Å². The van der Waals surface area contributed by atoms with Crippen LogP contribution in [0.2, 0.25) is 0 Å². The van der Waals surface area contributed by atoms with Gasteiger partial charge >= 0.3 is 0 Å². The highest BCUT2D eigenvalue weighted by Crippen LogP contribution is 2.31. The summed E-state index contributed by atoms with van der Waals surface area (Å²) in [5, 5.41) is 22.0. The number of nitrogens with zero attached hydrogens (tertiary/aromatic N) is 1. The number of hydrogen-bond acceptors (Lipinski definition) is 4. The number of phenolic OH excluding ortho intramolecular Hbond substituents is 1. The quantitative estimate of drug-likeness (QED) is 0.891. The molecule has 2 N–H and O–H groups in total. The van der Waals surface area contributed by atoms with Crippen LogP contribution < -0.4 is 10.1 Å². The lowest BCUT2D eigenvalue weighted by molar-refractivity contribution is 0.415. The summed E-state index contributed by atoms with van der Waals surface area (Å²) >= 11 is 0. The van der Waals surface area contributed by atoms with Gasteiger partial charge in [-0.05, 0) is 25.1 Å². The molecule has 20 heavy (non-hydrogen) atoms. The van der Waals surface area contributed by atoms with Crippen molar-refractivity contribution < 1.29 is 9.84 Å². The first-order valence-electron chi connectivity index (χ1n) is 6.28. The molecule has 2 rings (SSSR count). The van der Waals surface area contributed by atoms with Gasteiger partial charge in [-0.1, -0.05) is 18.2 Å². The van der Waals surface area contributed by atoms with E-state index in [1.807, 2.05) is 19.1 Å². The first-order valence-corrected chi connectivity index (χ1v) is 6.28. The molecule has 0 amide bonds. The number of aromatic hydroxyl groups is 1. The Bertz CT molecular complexity index is 647. The predicted molar refractivity (Wildman–Crippen MR) is 77.9 cm³/mol. The molecule has 0 aliphatic rings. The van der Waals surface area contributed by atoms with Crippen molar-refractivity contribution in [2.45, 2.75) is 13.0 Å². The summed E-state index contributed by atoms with van der Waals surface area (Å²) in [4.78, 5) is 0. The second-order valence-electron chi connectivity index (χ2n) is 4.45. The molecule has 2 aromatic rings. The number of hydrogen-bond donors (Lipinski definition) is 2. The highest BCUT2D eigenvalue weighted by molar-refractivity contribution is 5.60. The molecule has 1 atom stereocenters. The van der Waals surface area contributed by atoms with Crippen LogP contribution in [0.4, 0.5) is 5.69 Å². The molecule has 2 aromatic carbocycles. The molecule has 102 valence electrons. The molecule has 0 aliphatic heterocycles. The lowest BCUT2D eigenvalue weighted by Crippen LogP contribution is -2.08. The molecular weight excluding hydrogens is 252 g/mol. The number of rotatable bonds is 4. The Morgan fingerprint density at radius 2 is 2.00 bits per heavy atom. The second kappa shape index (κ2) is 5.98. The molecule has 0 saturated heterocycles. The Morgan fingerprint density at radius 1 is 1.25 bits per heavy atom. The van der Waals surface area contributed by atoms with Gasteiger partial charge in [-0.15, -0.1) is 0 Å². The van der Waals surface area contributed by atoms with Crippen molar-refractivity contribution in [2.75, 3.05) is 12.4 Å². The zero-order chi connectivity index (χ0) is 14.5. The van der Waals surface area contributed by atoms with Crippen molar-refractivity contribution in [1.82, 2.24) is 0 Å². The van der Waals surface area contributed by atoms with Crippen molar-refractivity contribution in [3.05, 3.63) is 53.6 Å². The van der Waals surface area contributed by atoms with E-state index in [4.69, 9.17) is 10.00 Å². The number of nitriles is 1. The van der Waals surface area contributed by atoms with Gasteiger partial charge < -0.3 is 15.2 Å². The lowest BCUT2D eigenvalue weighted by atomic mass is 10.1. The Labute approximate surface area is 118 Å². The molecule has 0 aromatic heterocycles. The van der Waals surface area contributed by atoms with E-state index in [2.05, 4.69) is 11.4 Å². The van der Waals surface area contributed by atoms with Gasteiger partial charge in [0.25, 0.3) is 0 Å². The molecule has 4 nitrogen and oxygen atoms in total. The Balaban J connectivity index is 2.26. The molecule has 0 spiro atoms. The van der Waals surface area contributed by atoms with E-state index in [1.54, 1.807) is 37.4 Å². The molecule has 4 heteroatoms. The third-order valence-corrected chi connectivity index (χ3v) is 3.11. The fourth-order valence-corrected chi connectivity index (χ4v) is 2.04. The zero-order valence-corrected chi connectivity index (χ0v) is 11.4. The number of nitrogens with one attached hydrogen (secondary N) is 1. The minimum absolute atomic E-state index is 0.0852. The van der Waals surface area contributed by atoms with E-state index in [-0.39, 0.29) is 11.8 Å². The van der Waals surface area contributed by atoms with Gasteiger partial charge in [0.15, 0.2) is 0 Å². The maximum atomic E-state index is 9.85. The zero-order valence-electron chi connectivity index (χ0n) is 11.4. The molecule has 0 heterocycles. The van der Waals surface area contributed by atoms with Crippen molar-refractivity contribution >= 4 is 5.69 Å². The van der Waals surface area contributed by atoms with Gasteiger partial charge in [-0.2, -0.15) is 5.26 Å². The fraction of sp³-hybridized carbons (Fsp3) is 0.188. The predicted octanol–water partition coefficient (Wildman–Crippen LogP) is 3.45. The van der Waals surface area contributed by atoms with E-state index >= 15 is 0 Å². The standard InChI is InChI=1S/C16H16N2O2/c1-11(13-5-3-4-6-15(13)19)18-14-8-7-12(10-17)9-16(14)20-2/h3-9,11,18-19H,1-2H3. The van der Waals surface area contributed by atoms with Crippen molar-refractivity contribution in [2.24, 2.45) is 0 Å². The third-order valence-electron chi connectivity index (χ3n) is 3.11. The van der Waals surface area contributed by atoms with Crippen molar-refractivity contribution in [1.29, 1.82) is 5.26 Å². The summed E-state index contributed by atoms with van der Waals surface area (Å²) in [7, 11) is 1.56. The van der Waals surface area contributed by atoms with E-state index in [0.717, 1.165) is 11.3 Å². The van der Waals surface area contributed by atoms with Gasteiger partial charge in [-0.25, -0.2) is 0 Å². The number of anilines is 1. The van der Waals surface area contributed by atoms with Gasteiger partial charge in [-0.3, -0.25) is 0 Å². The highest BCUT2D eigenvalue weighted by atomic mass is 16.5. The number of phenols is 1. The van der Waals surface area contributed by atoms with Gasteiger partial charge in [0, 0.05) is 11.6 Å².